The van der Waals surface area contributed by atoms with E-state index in [2.05, 4.69) is 54.6 Å². The number of ether oxygens (including phenoxy) is 1. The number of aliphatic hydroxyl groups excluding tert-OH is 1. The number of methoxy groups -OCH3 is 1. The molecule has 6 nitrogen and oxygen atoms in total. The van der Waals surface area contributed by atoms with Crippen LogP contribution >= 0.6 is 0 Å². The van der Waals surface area contributed by atoms with Gasteiger partial charge in [-0.05, 0) is 69.6 Å². The Labute approximate surface area is 178 Å². The molecule has 1 unspecified atom stereocenters. The summed E-state index contributed by atoms with van der Waals surface area (Å²) in [5.74, 6) is -0.355. The number of esters is 1. The van der Waals surface area contributed by atoms with Crippen molar-refractivity contribution >= 4 is 11.7 Å². The minimum atomic E-state index is -0.738. The summed E-state index contributed by atoms with van der Waals surface area (Å²) < 4.78 is 4.77. The zero-order valence-corrected chi connectivity index (χ0v) is 18.0. The van der Waals surface area contributed by atoms with Crippen molar-refractivity contribution in [1.29, 1.82) is 0 Å². The van der Waals surface area contributed by atoms with Crippen molar-refractivity contribution in [3.8, 4) is 0 Å². The SMILES string of the molecule is COC(=O)c1ccc(N2CC3(CCC(c4ccccc4)(N(C)C)CC3)NC2O)cc1. The number of nitrogens with zero attached hydrogens (tertiary/aromatic N) is 2. The molecule has 6 heteroatoms. The largest absolute Gasteiger partial charge is 0.465 e. The van der Waals surface area contributed by atoms with Gasteiger partial charge < -0.3 is 14.7 Å². The second-order valence-corrected chi connectivity index (χ2v) is 8.76. The van der Waals surface area contributed by atoms with Crippen molar-refractivity contribution in [3.05, 3.63) is 65.7 Å². The molecule has 4 rings (SSSR count). The second kappa shape index (κ2) is 8.02. The zero-order chi connectivity index (χ0) is 21.4. The number of carbonyl (C=O) groups excluding carboxylic acids is 1. The molecule has 1 saturated carbocycles. The minimum absolute atomic E-state index is 0.0225. The zero-order valence-electron chi connectivity index (χ0n) is 18.0. The van der Waals surface area contributed by atoms with Gasteiger partial charge in [0.25, 0.3) is 0 Å². The number of carbonyl (C=O) groups is 1. The smallest absolute Gasteiger partial charge is 0.337 e. The summed E-state index contributed by atoms with van der Waals surface area (Å²) >= 11 is 0. The average Bonchev–Trinajstić information content (AvgIpc) is 3.10. The lowest BCUT2D eigenvalue weighted by Gasteiger charge is -2.49. The first-order chi connectivity index (χ1) is 14.4. The minimum Gasteiger partial charge on any atom is -0.465 e. The van der Waals surface area contributed by atoms with E-state index in [0.717, 1.165) is 37.9 Å². The number of hydrogen-bond donors (Lipinski definition) is 2. The van der Waals surface area contributed by atoms with Gasteiger partial charge >= 0.3 is 5.97 Å². The molecule has 1 spiro atoms. The lowest BCUT2D eigenvalue weighted by Crippen LogP contribution is -2.54. The fourth-order valence-corrected chi connectivity index (χ4v) is 5.14. The summed E-state index contributed by atoms with van der Waals surface area (Å²) in [6.45, 7) is 0.740. The van der Waals surface area contributed by atoms with Crippen LogP contribution in [-0.4, -0.2) is 55.6 Å². The maximum atomic E-state index is 11.7. The number of aliphatic hydroxyl groups is 1. The third-order valence-corrected chi connectivity index (χ3v) is 7.03. The molecule has 1 aliphatic heterocycles. The van der Waals surface area contributed by atoms with E-state index in [1.54, 1.807) is 12.1 Å². The van der Waals surface area contributed by atoms with Crippen LogP contribution in [0.2, 0.25) is 0 Å². The molecule has 1 atom stereocenters. The van der Waals surface area contributed by atoms with Crippen LogP contribution in [0.15, 0.2) is 54.6 Å². The number of benzene rings is 2. The third kappa shape index (κ3) is 3.60. The van der Waals surface area contributed by atoms with Crippen molar-refractivity contribution in [2.45, 2.75) is 43.1 Å². The molecular weight excluding hydrogens is 378 g/mol. The molecule has 2 aromatic rings. The molecule has 160 valence electrons. The molecule has 0 aromatic heterocycles. The summed E-state index contributed by atoms with van der Waals surface area (Å²) in [6, 6.07) is 18.0. The standard InChI is InChI=1S/C24H31N3O3/c1-26(2)24(19-7-5-4-6-8-19)15-13-23(14-16-24)17-27(22(29)25-23)20-11-9-18(10-12-20)21(28)30-3/h4-12,22,25,29H,13-17H2,1-3H3. The Morgan fingerprint density at radius 2 is 1.70 bits per heavy atom. The topological polar surface area (TPSA) is 65.0 Å². The Balaban J connectivity index is 1.50. The highest BCUT2D eigenvalue weighted by Gasteiger charge is 2.50. The highest BCUT2D eigenvalue weighted by atomic mass is 16.5. The van der Waals surface area contributed by atoms with Crippen LogP contribution in [-0.2, 0) is 10.3 Å². The summed E-state index contributed by atoms with van der Waals surface area (Å²) in [6.07, 6.45) is 3.27. The van der Waals surface area contributed by atoms with E-state index < -0.39 is 6.35 Å². The molecular formula is C24H31N3O3. The summed E-state index contributed by atoms with van der Waals surface area (Å²) in [7, 11) is 5.70. The van der Waals surface area contributed by atoms with E-state index in [-0.39, 0.29) is 17.0 Å². The van der Waals surface area contributed by atoms with Gasteiger partial charge in [0.2, 0.25) is 0 Å². The molecule has 30 heavy (non-hydrogen) atoms. The van der Waals surface area contributed by atoms with Gasteiger partial charge in [-0.25, -0.2) is 4.79 Å². The number of nitrogens with one attached hydrogen (secondary N) is 1. The van der Waals surface area contributed by atoms with Crippen LogP contribution < -0.4 is 10.2 Å². The summed E-state index contributed by atoms with van der Waals surface area (Å²) in [5, 5.41) is 14.2. The Bertz CT molecular complexity index is 874. The maximum absolute atomic E-state index is 11.7. The normalized spacial score (nSPS) is 28.8. The van der Waals surface area contributed by atoms with Crippen LogP contribution in [0, 0.1) is 0 Å². The van der Waals surface area contributed by atoms with Crippen molar-refractivity contribution in [1.82, 2.24) is 10.2 Å². The van der Waals surface area contributed by atoms with Crippen LogP contribution in [0.25, 0.3) is 0 Å². The van der Waals surface area contributed by atoms with E-state index in [1.807, 2.05) is 17.0 Å². The molecule has 0 bridgehead atoms. The van der Waals surface area contributed by atoms with Gasteiger partial charge in [0.15, 0.2) is 6.35 Å². The average molecular weight is 410 g/mol. The summed E-state index contributed by atoms with van der Waals surface area (Å²) in [4.78, 5) is 16.0. The predicted octanol–water partition coefficient (Wildman–Crippen LogP) is 2.93. The fourth-order valence-electron chi connectivity index (χ4n) is 5.14. The molecule has 1 heterocycles. The van der Waals surface area contributed by atoms with Crippen molar-refractivity contribution in [3.63, 3.8) is 0 Å². The monoisotopic (exact) mass is 409 g/mol. The van der Waals surface area contributed by atoms with Gasteiger partial charge in [-0.2, -0.15) is 0 Å². The van der Waals surface area contributed by atoms with Crippen LogP contribution in [0.3, 0.4) is 0 Å². The first-order valence-corrected chi connectivity index (χ1v) is 10.5. The quantitative estimate of drug-likeness (QED) is 0.757. The van der Waals surface area contributed by atoms with E-state index in [0.29, 0.717) is 5.56 Å². The molecule has 2 aliphatic rings. The fraction of sp³-hybridized carbons (Fsp3) is 0.458. The Kier molecular flexibility index (Phi) is 5.57. The molecule has 0 radical (unpaired) electrons. The van der Waals surface area contributed by atoms with Gasteiger partial charge in [-0.3, -0.25) is 10.2 Å². The van der Waals surface area contributed by atoms with Gasteiger partial charge in [0, 0.05) is 23.3 Å². The van der Waals surface area contributed by atoms with Crippen LogP contribution in [0.4, 0.5) is 5.69 Å². The van der Waals surface area contributed by atoms with Gasteiger partial charge in [-0.1, -0.05) is 30.3 Å². The lowest BCUT2D eigenvalue weighted by molar-refractivity contribution is 0.0513. The predicted molar refractivity (Wildman–Crippen MR) is 117 cm³/mol. The van der Waals surface area contributed by atoms with E-state index >= 15 is 0 Å². The molecule has 0 amide bonds. The lowest BCUT2D eigenvalue weighted by atomic mass is 9.69. The van der Waals surface area contributed by atoms with Gasteiger partial charge in [0.05, 0.1) is 12.7 Å². The number of anilines is 1. The van der Waals surface area contributed by atoms with E-state index in [1.165, 1.54) is 12.7 Å². The Hall–Kier alpha value is -2.41. The van der Waals surface area contributed by atoms with Crippen LogP contribution in [0.1, 0.15) is 41.6 Å². The highest BCUT2D eigenvalue weighted by molar-refractivity contribution is 5.89. The van der Waals surface area contributed by atoms with Gasteiger partial charge in [-0.15, -0.1) is 0 Å². The number of rotatable bonds is 4. The van der Waals surface area contributed by atoms with Crippen LogP contribution in [0.5, 0.6) is 0 Å². The van der Waals surface area contributed by atoms with Crippen molar-refractivity contribution in [2.75, 3.05) is 32.6 Å². The Morgan fingerprint density at radius 3 is 2.27 bits per heavy atom. The molecule has 2 fully saturated rings. The number of hydrogen-bond acceptors (Lipinski definition) is 6. The molecule has 2 N–H and O–H groups in total. The summed E-state index contributed by atoms with van der Waals surface area (Å²) in [5.41, 5.74) is 2.67. The molecule has 2 aromatic carbocycles. The van der Waals surface area contributed by atoms with Crippen molar-refractivity contribution in [2.24, 2.45) is 0 Å². The van der Waals surface area contributed by atoms with E-state index in [9.17, 15) is 9.90 Å². The van der Waals surface area contributed by atoms with E-state index in [4.69, 9.17) is 4.74 Å². The first kappa shape index (κ1) is 20.8. The van der Waals surface area contributed by atoms with Gasteiger partial charge in [0.1, 0.15) is 0 Å². The third-order valence-electron chi connectivity index (χ3n) is 7.03. The molecule has 1 saturated heterocycles. The Morgan fingerprint density at radius 1 is 1.07 bits per heavy atom. The second-order valence-electron chi connectivity index (χ2n) is 8.76. The maximum Gasteiger partial charge on any atom is 0.337 e. The van der Waals surface area contributed by atoms with Crippen molar-refractivity contribution < 1.29 is 14.6 Å². The molecule has 1 aliphatic carbocycles. The first-order valence-electron chi connectivity index (χ1n) is 10.5. The highest BCUT2D eigenvalue weighted by Crippen LogP contribution is 2.46.